The molecular weight excluding hydrogens is 366 g/mol. The summed E-state index contributed by atoms with van der Waals surface area (Å²) in [5.41, 5.74) is 0.695. The maximum atomic E-state index is 12.8. The van der Waals surface area contributed by atoms with Gasteiger partial charge in [-0.25, -0.2) is 0 Å². The molecule has 0 aromatic heterocycles. The van der Waals surface area contributed by atoms with E-state index in [4.69, 9.17) is 9.84 Å². The van der Waals surface area contributed by atoms with Crippen LogP contribution in [0.1, 0.15) is 68.1 Å². The summed E-state index contributed by atoms with van der Waals surface area (Å²) in [6, 6.07) is 7.80. The number of carboxylic acid groups (broad SMARTS) is 1. The van der Waals surface area contributed by atoms with Gasteiger partial charge in [-0.15, -0.1) is 0 Å². The first-order valence-corrected chi connectivity index (χ1v) is 11.4. The monoisotopic (exact) mass is 397 g/mol. The van der Waals surface area contributed by atoms with E-state index in [9.17, 15) is 9.59 Å². The fraction of sp³-hybridized carbons (Fsp3) is 0.667. The summed E-state index contributed by atoms with van der Waals surface area (Å²) in [6.45, 7) is 0. The van der Waals surface area contributed by atoms with Crippen molar-refractivity contribution in [3.63, 3.8) is 0 Å². The topological polar surface area (TPSA) is 75.6 Å². The molecule has 2 N–H and O–H groups in total. The lowest BCUT2D eigenvalue weighted by Crippen LogP contribution is -2.55. The van der Waals surface area contributed by atoms with Crippen LogP contribution in [0.4, 0.5) is 0 Å². The number of nitrogens with one attached hydrogen (secondary N) is 1. The van der Waals surface area contributed by atoms with Gasteiger partial charge in [0.25, 0.3) is 5.91 Å². The number of hydrogen-bond donors (Lipinski definition) is 2. The van der Waals surface area contributed by atoms with Gasteiger partial charge in [-0.05, 0) is 106 Å². The van der Waals surface area contributed by atoms with Crippen LogP contribution in [-0.2, 0) is 4.79 Å². The molecule has 5 aliphatic carbocycles. The van der Waals surface area contributed by atoms with Gasteiger partial charge in [0.05, 0.1) is 12.0 Å². The predicted molar refractivity (Wildman–Crippen MR) is 109 cm³/mol. The first kappa shape index (κ1) is 19.0. The van der Waals surface area contributed by atoms with E-state index in [1.54, 1.807) is 0 Å². The Labute approximate surface area is 172 Å². The van der Waals surface area contributed by atoms with E-state index in [1.807, 2.05) is 24.3 Å². The minimum atomic E-state index is -0.696. The van der Waals surface area contributed by atoms with Crippen LogP contribution in [0.5, 0.6) is 5.75 Å². The molecule has 1 aromatic rings. The molecule has 1 aromatic carbocycles. The highest BCUT2D eigenvalue weighted by atomic mass is 16.5. The van der Waals surface area contributed by atoms with Crippen LogP contribution in [0.15, 0.2) is 24.3 Å². The second kappa shape index (κ2) is 7.66. The largest absolute Gasteiger partial charge is 0.490 e. The third-order valence-corrected chi connectivity index (χ3v) is 7.97. The van der Waals surface area contributed by atoms with Gasteiger partial charge in [-0.2, -0.15) is 0 Å². The standard InChI is InChI=1S/C24H31NO4/c26-23(25-22-18-10-14-9-15(12-18)13-19(22)11-14)16-1-5-20(6-2-16)29-21-7-3-17(4-8-21)24(27)28/h1-2,5-6,14-15,17-19,21-22H,3-4,7-13H2,(H,25,26)(H,27,28). The highest BCUT2D eigenvalue weighted by Crippen LogP contribution is 2.53. The Bertz CT molecular complexity index is 738. The van der Waals surface area contributed by atoms with E-state index in [1.165, 1.54) is 32.1 Å². The SMILES string of the molecule is O=C(NC1C2CC3CC(C2)CC1C3)c1ccc(OC2CCC(C(=O)O)CC2)cc1. The third kappa shape index (κ3) is 3.88. The molecule has 5 saturated carbocycles. The van der Waals surface area contributed by atoms with E-state index in [0.717, 1.165) is 30.4 Å². The highest BCUT2D eigenvalue weighted by molar-refractivity contribution is 5.94. The molecule has 29 heavy (non-hydrogen) atoms. The maximum Gasteiger partial charge on any atom is 0.306 e. The molecule has 4 bridgehead atoms. The van der Waals surface area contributed by atoms with E-state index in [2.05, 4.69) is 5.32 Å². The van der Waals surface area contributed by atoms with Crippen LogP contribution in [0, 0.1) is 29.6 Å². The van der Waals surface area contributed by atoms with Crippen LogP contribution in [0.3, 0.4) is 0 Å². The number of hydrogen-bond acceptors (Lipinski definition) is 3. The quantitative estimate of drug-likeness (QED) is 0.778. The first-order valence-electron chi connectivity index (χ1n) is 11.4. The Balaban J connectivity index is 1.15. The minimum absolute atomic E-state index is 0.0380. The number of aliphatic carboxylic acids is 1. The highest BCUT2D eigenvalue weighted by Gasteiger charge is 2.48. The summed E-state index contributed by atoms with van der Waals surface area (Å²) >= 11 is 0. The van der Waals surface area contributed by atoms with Gasteiger partial charge in [0.2, 0.25) is 0 Å². The van der Waals surface area contributed by atoms with E-state index in [0.29, 0.717) is 36.3 Å². The molecule has 0 saturated heterocycles. The fourth-order valence-electron chi connectivity index (χ4n) is 6.70. The Hall–Kier alpha value is -2.04. The molecule has 5 aliphatic rings. The lowest BCUT2D eigenvalue weighted by atomic mass is 9.54. The summed E-state index contributed by atoms with van der Waals surface area (Å²) < 4.78 is 6.02. The Morgan fingerprint density at radius 3 is 2.00 bits per heavy atom. The van der Waals surface area contributed by atoms with Crippen molar-refractivity contribution in [2.45, 2.75) is 69.9 Å². The van der Waals surface area contributed by atoms with Gasteiger partial charge in [-0.1, -0.05) is 0 Å². The molecule has 5 heteroatoms. The van der Waals surface area contributed by atoms with Crippen molar-refractivity contribution in [3.8, 4) is 5.75 Å². The molecule has 0 spiro atoms. The van der Waals surface area contributed by atoms with Gasteiger partial charge in [0, 0.05) is 11.6 Å². The lowest BCUT2D eigenvalue weighted by molar-refractivity contribution is -0.143. The van der Waals surface area contributed by atoms with Crippen LogP contribution in [-0.4, -0.2) is 29.1 Å². The average Bonchev–Trinajstić information content (AvgIpc) is 2.71. The molecule has 0 atom stereocenters. The third-order valence-electron chi connectivity index (χ3n) is 7.97. The van der Waals surface area contributed by atoms with E-state index in [-0.39, 0.29) is 17.9 Å². The minimum Gasteiger partial charge on any atom is -0.490 e. The number of carbonyl (C=O) groups excluding carboxylic acids is 1. The van der Waals surface area contributed by atoms with Crippen molar-refractivity contribution < 1.29 is 19.4 Å². The van der Waals surface area contributed by atoms with Crippen LogP contribution < -0.4 is 10.1 Å². The van der Waals surface area contributed by atoms with Gasteiger partial charge in [0.15, 0.2) is 0 Å². The van der Waals surface area contributed by atoms with Gasteiger partial charge < -0.3 is 15.2 Å². The molecule has 0 radical (unpaired) electrons. The smallest absolute Gasteiger partial charge is 0.306 e. The number of benzene rings is 1. The summed E-state index contributed by atoms with van der Waals surface area (Å²) in [7, 11) is 0. The van der Waals surface area contributed by atoms with Crippen molar-refractivity contribution in [2.75, 3.05) is 0 Å². The molecule has 0 aliphatic heterocycles. The van der Waals surface area contributed by atoms with Gasteiger partial charge in [-0.3, -0.25) is 9.59 Å². The number of ether oxygens (including phenoxy) is 1. The van der Waals surface area contributed by atoms with E-state index >= 15 is 0 Å². The second-order valence-electron chi connectivity index (χ2n) is 9.88. The number of carbonyl (C=O) groups is 2. The first-order chi connectivity index (χ1) is 14.0. The molecule has 156 valence electrons. The zero-order valence-corrected chi connectivity index (χ0v) is 16.9. The molecule has 0 heterocycles. The second-order valence-corrected chi connectivity index (χ2v) is 9.88. The van der Waals surface area contributed by atoms with Crippen LogP contribution >= 0.6 is 0 Å². The fourth-order valence-corrected chi connectivity index (χ4v) is 6.70. The van der Waals surface area contributed by atoms with Crippen molar-refractivity contribution in [1.29, 1.82) is 0 Å². The van der Waals surface area contributed by atoms with Gasteiger partial charge >= 0.3 is 5.97 Å². The number of carboxylic acids is 1. The maximum absolute atomic E-state index is 12.8. The zero-order chi connectivity index (χ0) is 20.0. The zero-order valence-electron chi connectivity index (χ0n) is 16.9. The summed E-state index contributed by atoms with van der Waals surface area (Å²) in [6.07, 6.45) is 9.58. The average molecular weight is 398 g/mol. The molecule has 5 nitrogen and oxygen atoms in total. The predicted octanol–water partition coefficient (Wildman–Crippen LogP) is 4.26. The van der Waals surface area contributed by atoms with Crippen LogP contribution in [0.25, 0.3) is 0 Å². The van der Waals surface area contributed by atoms with E-state index < -0.39 is 5.97 Å². The van der Waals surface area contributed by atoms with Crippen molar-refractivity contribution in [1.82, 2.24) is 5.32 Å². The molecular formula is C24H31NO4. The normalized spacial score (nSPS) is 37.9. The Morgan fingerprint density at radius 2 is 1.45 bits per heavy atom. The molecule has 1 amide bonds. The lowest BCUT2D eigenvalue weighted by Gasteiger charge is -2.54. The molecule has 0 unspecified atom stereocenters. The summed E-state index contributed by atoms with van der Waals surface area (Å²) in [5, 5.41) is 12.5. The Kier molecular flexibility index (Phi) is 5.00. The van der Waals surface area contributed by atoms with Crippen molar-refractivity contribution in [2.24, 2.45) is 29.6 Å². The van der Waals surface area contributed by atoms with Crippen LogP contribution in [0.2, 0.25) is 0 Å². The Morgan fingerprint density at radius 1 is 0.862 bits per heavy atom. The molecule has 5 fully saturated rings. The summed E-state index contributed by atoms with van der Waals surface area (Å²) in [5.74, 6) is 3.05. The van der Waals surface area contributed by atoms with Crippen molar-refractivity contribution >= 4 is 11.9 Å². The van der Waals surface area contributed by atoms with Gasteiger partial charge in [0.1, 0.15) is 5.75 Å². The van der Waals surface area contributed by atoms with Crippen molar-refractivity contribution in [3.05, 3.63) is 29.8 Å². The number of amides is 1. The number of rotatable bonds is 5. The molecule has 6 rings (SSSR count). The summed E-state index contributed by atoms with van der Waals surface area (Å²) in [4.78, 5) is 23.9.